The molecule has 1 aromatic heterocycles. The molecule has 72 valence electrons. The molecule has 0 amide bonds. The van der Waals surface area contributed by atoms with E-state index in [0.717, 1.165) is 18.1 Å². The summed E-state index contributed by atoms with van der Waals surface area (Å²) in [5, 5.41) is 3.16. The lowest BCUT2D eigenvalue weighted by Gasteiger charge is -2.16. The first-order valence-corrected chi connectivity index (χ1v) is 4.60. The van der Waals surface area contributed by atoms with Gasteiger partial charge in [0.05, 0.1) is 18.1 Å². The quantitative estimate of drug-likeness (QED) is 0.756. The van der Waals surface area contributed by atoms with Crippen LogP contribution in [0.4, 0.5) is 5.69 Å². The minimum Gasteiger partial charge on any atom is -0.383 e. The van der Waals surface area contributed by atoms with Crippen molar-refractivity contribution in [2.24, 2.45) is 0 Å². The highest BCUT2D eigenvalue weighted by Gasteiger charge is 2.16. The monoisotopic (exact) mass is 179 g/mol. The fourth-order valence-corrected chi connectivity index (χ4v) is 1.01. The lowest BCUT2D eigenvalue weighted by molar-refractivity contribution is 0.545. The standard InChI is InChI=1S/C10H17N3/c1-5-11-8-6-12-9(13-7-8)10(2,3)4/h6-7,11H,5H2,1-4H3. The molecule has 1 N–H and O–H groups in total. The Bertz CT molecular complexity index is 258. The molecule has 0 aliphatic rings. The Hall–Kier alpha value is -1.12. The summed E-state index contributed by atoms with van der Waals surface area (Å²) in [6, 6.07) is 0. The molecule has 0 aromatic carbocycles. The third-order valence-corrected chi connectivity index (χ3v) is 1.70. The minimum atomic E-state index is 0.0325. The van der Waals surface area contributed by atoms with E-state index >= 15 is 0 Å². The van der Waals surface area contributed by atoms with Gasteiger partial charge in [-0.1, -0.05) is 20.8 Å². The molecular weight excluding hydrogens is 162 g/mol. The van der Waals surface area contributed by atoms with Gasteiger partial charge in [-0.25, -0.2) is 9.97 Å². The van der Waals surface area contributed by atoms with Crippen LogP contribution in [-0.4, -0.2) is 16.5 Å². The average molecular weight is 179 g/mol. The summed E-state index contributed by atoms with van der Waals surface area (Å²) in [7, 11) is 0. The van der Waals surface area contributed by atoms with Gasteiger partial charge in [-0.15, -0.1) is 0 Å². The van der Waals surface area contributed by atoms with Gasteiger partial charge in [-0.3, -0.25) is 0 Å². The largest absolute Gasteiger partial charge is 0.383 e. The number of hydrogen-bond donors (Lipinski definition) is 1. The normalized spacial score (nSPS) is 11.4. The molecule has 1 heterocycles. The Morgan fingerprint density at radius 2 is 1.77 bits per heavy atom. The zero-order valence-corrected chi connectivity index (χ0v) is 8.76. The van der Waals surface area contributed by atoms with Crippen LogP contribution in [0.1, 0.15) is 33.5 Å². The molecule has 0 bridgehead atoms. The molecule has 0 fully saturated rings. The first-order chi connectivity index (χ1) is 6.04. The van der Waals surface area contributed by atoms with Crippen molar-refractivity contribution in [3.63, 3.8) is 0 Å². The molecule has 3 nitrogen and oxygen atoms in total. The Labute approximate surface area is 79.6 Å². The molecule has 1 rings (SSSR count). The van der Waals surface area contributed by atoms with Crippen molar-refractivity contribution in [3.05, 3.63) is 18.2 Å². The van der Waals surface area contributed by atoms with Crippen LogP contribution in [0.5, 0.6) is 0 Å². The van der Waals surface area contributed by atoms with Crippen LogP contribution in [0.3, 0.4) is 0 Å². The maximum Gasteiger partial charge on any atom is 0.133 e. The van der Waals surface area contributed by atoms with Crippen LogP contribution >= 0.6 is 0 Å². The number of anilines is 1. The van der Waals surface area contributed by atoms with Gasteiger partial charge in [0.1, 0.15) is 5.82 Å². The molecule has 0 aliphatic carbocycles. The van der Waals surface area contributed by atoms with Gasteiger partial charge in [0.15, 0.2) is 0 Å². The van der Waals surface area contributed by atoms with Crippen LogP contribution in [0, 0.1) is 0 Å². The third-order valence-electron chi connectivity index (χ3n) is 1.70. The molecule has 0 unspecified atom stereocenters. The Morgan fingerprint density at radius 3 is 2.15 bits per heavy atom. The highest BCUT2D eigenvalue weighted by atomic mass is 14.9. The van der Waals surface area contributed by atoms with Crippen molar-refractivity contribution < 1.29 is 0 Å². The second kappa shape index (κ2) is 3.73. The summed E-state index contributed by atoms with van der Waals surface area (Å²) in [5.41, 5.74) is 1.01. The van der Waals surface area contributed by atoms with Crippen molar-refractivity contribution in [1.82, 2.24) is 9.97 Å². The molecule has 1 aromatic rings. The number of aromatic nitrogens is 2. The van der Waals surface area contributed by atoms with Gasteiger partial charge in [-0.05, 0) is 6.92 Å². The molecule has 0 saturated carbocycles. The second-order valence-corrected chi connectivity index (χ2v) is 4.08. The summed E-state index contributed by atoms with van der Waals surface area (Å²) >= 11 is 0. The summed E-state index contributed by atoms with van der Waals surface area (Å²) in [5.74, 6) is 0.883. The number of nitrogens with one attached hydrogen (secondary N) is 1. The molecule has 0 radical (unpaired) electrons. The number of nitrogens with zero attached hydrogens (tertiary/aromatic N) is 2. The second-order valence-electron chi connectivity index (χ2n) is 4.08. The van der Waals surface area contributed by atoms with Gasteiger partial charge >= 0.3 is 0 Å². The lowest BCUT2D eigenvalue weighted by atomic mass is 9.96. The van der Waals surface area contributed by atoms with E-state index in [9.17, 15) is 0 Å². The van der Waals surface area contributed by atoms with Gasteiger partial charge in [0, 0.05) is 12.0 Å². The maximum absolute atomic E-state index is 4.29. The zero-order valence-electron chi connectivity index (χ0n) is 8.76. The van der Waals surface area contributed by atoms with E-state index in [4.69, 9.17) is 0 Å². The first kappa shape index (κ1) is 9.96. The van der Waals surface area contributed by atoms with Crippen LogP contribution in [-0.2, 0) is 5.41 Å². The third kappa shape index (κ3) is 2.68. The van der Waals surface area contributed by atoms with Gasteiger partial charge in [0.25, 0.3) is 0 Å². The van der Waals surface area contributed by atoms with Crippen LogP contribution in [0.15, 0.2) is 12.4 Å². The summed E-state index contributed by atoms with van der Waals surface area (Å²) < 4.78 is 0. The van der Waals surface area contributed by atoms with E-state index in [2.05, 4.69) is 43.0 Å². The minimum absolute atomic E-state index is 0.0325. The average Bonchev–Trinajstić information content (AvgIpc) is 2.04. The molecule has 3 heteroatoms. The summed E-state index contributed by atoms with van der Waals surface area (Å²) in [6.07, 6.45) is 3.66. The fourth-order valence-electron chi connectivity index (χ4n) is 1.01. The van der Waals surface area contributed by atoms with Crippen LogP contribution < -0.4 is 5.32 Å². The highest BCUT2D eigenvalue weighted by molar-refractivity contribution is 5.37. The van der Waals surface area contributed by atoms with Crippen molar-refractivity contribution in [1.29, 1.82) is 0 Å². The topological polar surface area (TPSA) is 37.8 Å². The molecule has 0 atom stereocenters. The predicted molar refractivity (Wildman–Crippen MR) is 54.9 cm³/mol. The van der Waals surface area contributed by atoms with E-state index in [1.54, 1.807) is 0 Å². The Morgan fingerprint density at radius 1 is 1.23 bits per heavy atom. The van der Waals surface area contributed by atoms with Gasteiger partial charge < -0.3 is 5.32 Å². The highest BCUT2D eigenvalue weighted by Crippen LogP contribution is 2.17. The van der Waals surface area contributed by atoms with Crippen molar-refractivity contribution in [3.8, 4) is 0 Å². The lowest BCUT2D eigenvalue weighted by Crippen LogP contribution is -2.15. The molecule has 0 spiro atoms. The van der Waals surface area contributed by atoms with Gasteiger partial charge in [-0.2, -0.15) is 0 Å². The predicted octanol–water partition coefficient (Wildman–Crippen LogP) is 2.21. The smallest absolute Gasteiger partial charge is 0.133 e. The number of hydrogen-bond acceptors (Lipinski definition) is 3. The summed E-state index contributed by atoms with van der Waals surface area (Å²) in [6.45, 7) is 9.27. The van der Waals surface area contributed by atoms with Crippen LogP contribution in [0.2, 0.25) is 0 Å². The fraction of sp³-hybridized carbons (Fsp3) is 0.600. The van der Waals surface area contributed by atoms with E-state index in [1.165, 1.54) is 0 Å². The SMILES string of the molecule is CCNc1cnc(C(C)(C)C)nc1. The Balaban J connectivity index is 2.81. The maximum atomic E-state index is 4.29. The number of rotatable bonds is 2. The van der Waals surface area contributed by atoms with Crippen molar-refractivity contribution >= 4 is 5.69 Å². The molecular formula is C10H17N3. The zero-order chi connectivity index (χ0) is 9.90. The Kier molecular flexibility index (Phi) is 2.86. The van der Waals surface area contributed by atoms with Crippen molar-refractivity contribution in [2.45, 2.75) is 33.1 Å². The summed E-state index contributed by atoms with van der Waals surface area (Å²) in [4.78, 5) is 8.59. The molecule has 0 aliphatic heterocycles. The van der Waals surface area contributed by atoms with E-state index in [-0.39, 0.29) is 5.41 Å². The van der Waals surface area contributed by atoms with E-state index in [1.807, 2.05) is 12.4 Å². The molecule has 0 saturated heterocycles. The molecule has 13 heavy (non-hydrogen) atoms. The van der Waals surface area contributed by atoms with Crippen LogP contribution in [0.25, 0.3) is 0 Å². The van der Waals surface area contributed by atoms with Gasteiger partial charge in [0.2, 0.25) is 0 Å². The van der Waals surface area contributed by atoms with E-state index in [0.29, 0.717) is 0 Å². The van der Waals surface area contributed by atoms with E-state index < -0.39 is 0 Å². The first-order valence-electron chi connectivity index (χ1n) is 4.60. The van der Waals surface area contributed by atoms with Crippen molar-refractivity contribution in [2.75, 3.05) is 11.9 Å².